The number of anilines is 2. The van der Waals surface area contributed by atoms with E-state index in [-0.39, 0.29) is 36.6 Å². The second kappa shape index (κ2) is 30.2. The first-order valence-electron chi connectivity index (χ1n) is 30.2. The third kappa shape index (κ3) is 19.8. The average molecular weight is 1280 g/mol. The number of hydrogen-bond donors (Lipinski definition) is 4. The zero-order valence-electron chi connectivity index (χ0n) is 53.1. The lowest BCUT2D eigenvalue weighted by Gasteiger charge is -2.35. The largest absolute Gasteiger partial charge is 0.444 e. The molecular weight excluding hydrogens is 1200 g/mol. The summed E-state index contributed by atoms with van der Waals surface area (Å²) in [4.78, 5) is 99.3. The van der Waals surface area contributed by atoms with Crippen LogP contribution in [0.3, 0.4) is 0 Å². The molecule has 4 heterocycles. The van der Waals surface area contributed by atoms with Gasteiger partial charge in [0.2, 0.25) is 23.5 Å². The molecule has 0 saturated carbocycles. The van der Waals surface area contributed by atoms with Crippen LogP contribution in [0.4, 0.5) is 47.6 Å². The number of amides is 6. The fourth-order valence-corrected chi connectivity index (χ4v) is 9.99. The second-order valence-corrected chi connectivity index (χ2v) is 24.0. The maximum absolute atomic E-state index is 13.6. The Kier molecular flexibility index (Phi) is 23.0. The van der Waals surface area contributed by atoms with Gasteiger partial charge in [0.1, 0.15) is 22.8 Å². The lowest BCUT2D eigenvalue weighted by Crippen LogP contribution is -2.49. The van der Waals surface area contributed by atoms with Gasteiger partial charge < -0.3 is 50.3 Å². The van der Waals surface area contributed by atoms with Gasteiger partial charge in [0.15, 0.2) is 0 Å². The number of hydrogen-bond acceptors (Lipinski definition) is 14. The van der Waals surface area contributed by atoms with E-state index >= 15 is 0 Å². The summed E-state index contributed by atoms with van der Waals surface area (Å²) in [5, 5.41) is 11.0. The molecule has 4 aromatic carbocycles. The summed E-state index contributed by atoms with van der Waals surface area (Å²) in [5.74, 6) is 0.443. The topological polar surface area (TPSA) is 234 Å². The predicted molar refractivity (Wildman–Crippen MR) is 334 cm³/mol. The van der Waals surface area contributed by atoms with Crippen molar-refractivity contribution in [1.82, 2.24) is 51.0 Å². The summed E-state index contributed by atoms with van der Waals surface area (Å²) in [6.07, 6.45) is -6.51. The summed E-state index contributed by atoms with van der Waals surface area (Å²) in [7, 11) is 0. The highest BCUT2D eigenvalue weighted by Crippen LogP contribution is 2.37. The highest BCUT2D eigenvalue weighted by atomic mass is 19.4. The molecule has 92 heavy (non-hydrogen) atoms. The van der Waals surface area contributed by atoms with Gasteiger partial charge in [-0.05, 0) is 136 Å². The molecule has 2 atom stereocenters. The minimum absolute atomic E-state index is 0.000806. The van der Waals surface area contributed by atoms with Gasteiger partial charge in [-0.3, -0.25) is 19.2 Å². The molecule has 6 amide bonds. The Morgan fingerprint density at radius 2 is 0.826 bits per heavy atom. The number of halogens is 6. The van der Waals surface area contributed by atoms with Gasteiger partial charge in [-0.1, -0.05) is 74.5 Å². The molecule has 0 radical (unpaired) electrons. The Bertz CT molecular complexity index is 3330. The highest BCUT2D eigenvalue weighted by Gasteiger charge is 2.33. The lowest BCUT2D eigenvalue weighted by atomic mass is 9.95. The molecule has 0 spiro atoms. The van der Waals surface area contributed by atoms with E-state index in [1.807, 2.05) is 33.4 Å². The van der Waals surface area contributed by atoms with Crippen LogP contribution < -0.4 is 31.1 Å². The van der Waals surface area contributed by atoms with E-state index in [0.717, 1.165) is 24.3 Å². The van der Waals surface area contributed by atoms with Gasteiger partial charge in [-0.2, -0.15) is 26.3 Å². The number of nitrogens with zero attached hydrogens (tertiary/aromatic N) is 8. The number of alkyl carbamates (subject to hydrolysis) is 2. The summed E-state index contributed by atoms with van der Waals surface area (Å²) < 4.78 is 92.0. The van der Waals surface area contributed by atoms with Gasteiger partial charge in [-0.15, -0.1) is 0 Å². The number of piperazine rings is 2. The molecule has 20 nitrogen and oxygen atoms in total. The maximum Gasteiger partial charge on any atom is 0.416 e. The fourth-order valence-electron chi connectivity index (χ4n) is 9.99. The van der Waals surface area contributed by atoms with Crippen LogP contribution in [0.2, 0.25) is 0 Å². The molecular formula is C66H78F6N12O8. The van der Waals surface area contributed by atoms with Crippen LogP contribution in [-0.2, 0) is 44.5 Å². The lowest BCUT2D eigenvalue weighted by molar-refractivity contribution is -0.138. The van der Waals surface area contributed by atoms with Crippen LogP contribution in [0.25, 0.3) is 22.3 Å². The molecule has 0 bridgehead atoms. The molecule has 8 rings (SSSR count). The molecule has 2 aliphatic rings. The van der Waals surface area contributed by atoms with Crippen molar-refractivity contribution in [2.24, 2.45) is 0 Å². The average Bonchev–Trinajstić information content (AvgIpc) is 0.989. The molecule has 2 aromatic heterocycles. The third-order valence-corrected chi connectivity index (χ3v) is 14.9. The van der Waals surface area contributed by atoms with E-state index in [9.17, 15) is 55.1 Å². The summed E-state index contributed by atoms with van der Waals surface area (Å²) in [5.41, 5.74) is 0.921. The monoisotopic (exact) mass is 1280 g/mol. The Morgan fingerprint density at radius 3 is 1.13 bits per heavy atom. The zero-order chi connectivity index (χ0) is 67.3. The van der Waals surface area contributed by atoms with E-state index in [0.29, 0.717) is 121 Å². The normalized spacial score (nSPS) is 14.4. The van der Waals surface area contributed by atoms with E-state index in [1.165, 1.54) is 24.5 Å². The first-order chi connectivity index (χ1) is 43.3. The van der Waals surface area contributed by atoms with Crippen LogP contribution in [0.1, 0.15) is 149 Å². The van der Waals surface area contributed by atoms with Crippen molar-refractivity contribution in [2.75, 3.05) is 62.2 Å². The summed E-state index contributed by atoms with van der Waals surface area (Å²) >= 11 is 0. The van der Waals surface area contributed by atoms with Crippen molar-refractivity contribution < 1.29 is 64.6 Å². The van der Waals surface area contributed by atoms with Crippen LogP contribution >= 0.6 is 0 Å². The van der Waals surface area contributed by atoms with Crippen molar-refractivity contribution in [3.63, 3.8) is 0 Å². The van der Waals surface area contributed by atoms with E-state index < -0.39 is 70.8 Å². The molecule has 2 fully saturated rings. The van der Waals surface area contributed by atoms with Crippen molar-refractivity contribution in [3.05, 3.63) is 154 Å². The zero-order valence-corrected chi connectivity index (χ0v) is 53.1. The quantitative estimate of drug-likeness (QED) is 0.0660. The Morgan fingerprint density at radius 1 is 0.489 bits per heavy atom. The Labute approximate surface area is 530 Å². The summed E-state index contributed by atoms with van der Waals surface area (Å²) in [6.45, 7) is 22.1. The van der Waals surface area contributed by atoms with Gasteiger partial charge >= 0.3 is 24.5 Å². The molecule has 6 aromatic rings. The molecule has 0 unspecified atom stereocenters. The van der Waals surface area contributed by atoms with Crippen LogP contribution in [0.15, 0.2) is 109 Å². The van der Waals surface area contributed by atoms with Crippen molar-refractivity contribution in [3.8, 4) is 22.3 Å². The van der Waals surface area contributed by atoms with Gasteiger partial charge in [0.25, 0.3) is 11.8 Å². The number of ether oxygens (including phenoxy) is 2. The summed E-state index contributed by atoms with van der Waals surface area (Å²) in [6, 6.07) is 22.8. The van der Waals surface area contributed by atoms with Crippen LogP contribution in [-0.4, -0.2) is 129 Å². The number of carbonyl (C=O) groups is 6. The number of alkyl halides is 6. The van der Waals surface area contributed by atoms with Crippen LogP contribution in [0, 0.1) is 0 Å². The van der Waals surface area contributed by atoms with Gasteiger partial charge in [0.05, 0.1) is 23.2 Å². The van der Waals surface area contributed by atoms with Crippen LogP contribution in [0.5, 0.6) is 0 Å². The minimum atomic E-state index is -4.55. The molecule has 0 aliphatic carbocycles. The third-order valence-electron chi connectivity index (χ3n) is 14.9. The molecule has 2 saturated heterocycles. The number of nitrogens with one attached hydrogen (secondary N) is 4. The Balaban J connectivity index is 0.000000261. The van der Waals surface area contributed by atoms with E-state index in [1.54, 1.807) is 116 Å². The Hall–Kier alpha value is -9.36. The number of rotatable bonds is 16. The number of carbonyl (C=O) groups excluding carboxylic acids is 6. The van der Waals surface area contributed by atoms with Gasteiger partial charge in [0, 0.05) is 90.7 Å². The standard InChI is InChI=1S/2C33H39F3N6O4/c2*1-6-28(43)42-17-15-41(16-18-42)27-13-14-37-29(40-27)30(44)39-21(2)22-7-9-23(10-8-22)26-19-25(33(34,35)36)12-11-24(26)20-38-31(45)46-32(3,4)5/h2*7-14,19,21H,6,15-18,20H2,1-5H3,(H,38,45)(H,39,44)/t2*21-/m11/s1. The SMILES string of the molecule is CCC(=O)N1CCN(c2ccnc(C(=O)N[C@H](C)c3ccc(-c4cc(C(F)(F)F)ccc4CNC(=O)OC(C)(C)C)cc3)n2)CC1.CCC(=O)N1CCN(c2ccnc(C(=O)N[C@H](C)c3ccc(-c4cc(C(F)(F)F)ccc4CNC(=O)OC(C)(C)C)cc3)n2)CC1. The maximum atomic E-state index is 13.6. The smallest absolute Gasteiger partial charge is 0.416 e. The fraction of sp³-hybridized carbons (Fsp3) is 0.424. The van der Waals surface area contributed by atoms with Crippen molar-refractivity contribution >= 4 is 47.5 Å². The predicted octanol–water partition coefficient (Wildman–Crippen LogP) is 11.5. The first-order valence-corrected chi connectivity index (χ1v) is 30.2. The molecule has 492 valence electrons. The van der Waals surface area contributed by atoms with Crippen molar-refractivity contribution in [2.45, 2.75) is 131 Å². The first kappa shape index (κ1) is 70.1. The molecule has 4 N–H and O–H groups in total. The van der Waals surface area contributed by atoms with Crippen molar-refractivity contribution in [1.29, 1.82) is 0 Å². The van der Waals surface area contributed by atoms with Gasteiger partial charge in [-0.25, -0.2) is 29.5 Å². The number of aromatic nitrogens is 4. The second-order valence-electron chi connectivity index (χ2n) is 24.0. The highest BCUT2D eigenvalue weighted by molar-refractivity contribution is 5.91. The number of benzene rings is 4. The molecule has 26 heteroatoms. The van der Waals surface area contributed by atoms with E-state index in [2.05, 4.69) is 41.2 Å². The van der Waals surface area contributed by atoms with E-state index in [4.69, 9.17) is 9.47 Å². The minimum Gasteiger partial charge on any atom is -0.444 e. The molecule has 2 aliphatic heterocycles.